The van der Waals surface area contributed by atoms with E-state index in [4.69, 9.17) is 33.3 Å². The second-order valence-electron chi connectivity index (χ2n) is 8.90. The summed E-state index contributed by atoms with van der Waals surface area (Å²) in [6, 6.07) is 20.6. The molecule has 37 heavy (non-hydrogen) atoms. The molecular weight excluding hydrogens is 525 g/mol. The Bertz CT molecular complexity index is 1530. The Hall–Kier alpha value is -3.26. The lowest BCUT2D eigenvalue weighted by Crippen LogP contribution is -2.31. The summed E-state index contributed by atoms with van der Waals surface area (Å²) in [5.74, 6) is 0.937. The molecule has 1 amide bonds. The lowest BCUT2D eigenvalue weighted by molar-refractivity contribution is -0.113. The summed E-state index contributed by atoms with van der Waals surface area (Å²) in [7, 11) is 0. The third-order valence-corrected chi connectivity index (χ3v) is 7.82. The van der Waals surface area contributed by atoms with Crippen LogP contribution in [0.2, 0.25) is 10.0 Å². The number of nitrogens with one attached hydrogen (secondary N) is 2. The van der Waals surface area contributed by atoms with Gasteiger partial charge in [0.15, 0.2) is 0 Å². The maximum absolute atomic E-state index is 13.7. The molecule has 6 nitrogen and oxygen atoms in total. The van der Waals surface area contributed by atoms with Crippen molar-refractivity contribution in [2.45, 2.75) is 37.7 Å². The predicted octanol–water partition coefficient (Wildman–Crippen LogP) is 7.42. The molecular formula is C28H25Cl2N5OS. The molecule has 188 valence electrons. The van der Waals surface area contributed by atoms with Crippen LogP contribution in [0.3, 0.4) is 0 Å². The molecule has 4 aromatic rings. The maximum atomic E-state index is 13.7. The van der Waals surface area contributed by atoms with Gasteiger partial charge in [0.25, 0.3) is 5.91 Å². The third kappa shape index (κ3) is 5.25. The highest BCUT2D eigenvalue weighted by atomic mass is 35.5. The van der Waals surface area contributed by atoms with E-state index in [1.807, 2.05) is 87.5 Å². The first kappa shape index (κ1) is 25.4. The van der Waals surface area contributed by atoms with Gasteiger partial charge < -0.3 is 10.6 Å². The van der Waals surface area contributed by atoms with E-state index in [9.17, 15) is 4.79 Å². The lowest BCUT2D eigenvalue weighted by atomic mass is 9.95. The molecule has 0 radical (unpaired) electrons. The first-order chi connectivity index (χ1) is 17.8. The molecule has 1 unspecified atom stereocenters. The van der Waals surface area contributed by atoms with Gasteiger partial charge >= 0.3 is 0 Å². The Kier molecular flexibility index (Phi) is 7.29. The highest BCUT2D eigenvalue weighted by Gasteiger charge is 2.35. The first-order valence-corrected chi connectivity index (χ1v) is 13.5. The van der Waals surface area contributed by atoms with Crippen LogP contribution in [0.25, 0.3) is 0 Å². The Morgan fingerprint density at radius 1 is 1.03 bits per heavy atom. The molecule has 1 atom stereocenters. The highest BCUT2D eigenvalue weighted by Crippen LogP contribution is 2.39. The molecule has 0 spiro atoms. The molecule has 0 fully saturated rings. The van der Waals surface area contributed by atoms with Crippen molar-refractivity contribution in [2.75, 3.05) is 10.6 Å². The number of carbonyl (C=O) groups is 1. The molecule has 1 aromatic heterocycles. The predicted molar refractivity (Wildman–Crippen MR) is 151 cm³/mol. The summed E-state index contributed by atoms with van der Waals surface area (Å²) in [5.41, 5.74) is 5.86. The summed E-state index contributed by atoms with van der Waals surface area (Å²) in [4.78, 5) is 18.4. The number of hydrogen-bond donors (Lipinski definition) is 2. The van der Waals surface area contributed by atoms with E-state index in [1.54, 1.807) is 4.68 Å². The Morgan fingerprint density at radius 3 is 2.49 bits per heavy atom. The molecule has 0 saturated carbocycles. The summed E-state index contributed by atoms with van der Waals surface area (Å²) in [6.07, 6.45) is 0. The number of amides is 1. The van der Waals surface area contributed by atoms with Crippen molar-refractivity contribution in [3.63, 3.8) is 0 Å². The Balaban J connectivity index is 1.51. The SMILES string of the molecule is CC1=C(C(=O)Nc2ccc(C)cc2C)C(c2ccccc2Cl)n2nc(SCc3ccccc3Cl)nc2N1. The normalized spacial score (nSPS) is 14.8. The molecule has 0 saturated heterocycles. The van der Waals surface area contributed by atoms with Gasteiger partial charge in [0.2, 0.25) is 11.1 Å². The number of fused-ring (bicyclic) bond motifs is 1. The van der Waals surface area contributed by atoms with Crippen LogP contribution < -0.4 is 10.6 Å². The molecule has 3 aromatic carbocycles. The van der Waals surface area contributed by atoms with Gasteiger partial charge in [0.05, 0.1) is 5.57 Å². The molecule has 5 rings (SSSR count). The van der Waals surface area contributed by atoms with E-state index in [0.717, 1.165) is 27.9 Å². The van der Waals surface area contributed by atoms with Gasteiger partial charge in [-0.2, -0.15) is 4.98 Å². The van der Waals surface area contributed by atoms with Crippen LogP contribution in [0.1, 0.15) is 35.2 Å². The number of carbonyl (C=O) groups excluding carboxylic acids is 1. The number of rotatable bonds is 6. The van der Waals surface area contributed by atoms with Crippen molar-refractivity contribution >= 4 is 52.5 Å². The largest absolute Gasteiger partial charge is 0.328 e. The van der Waals surface area contributed by atoms with Gasteiger partial charge in [0, 0.05) is 32.7 Å². The standard InChI is InChI=1S/C28H25Cl2N5OS/c1-16-12-13-23(17(2)14-16)32-26(36)24-18(3)31-27-33-28(37-15-19-8-4-6-10-21(19)29)34-35(27)25(24)20-9-5-7-11-22(20)30/h4-14,25H,15H2,1-3H3,(H,32,36)(H,31,33,34). The number of nitrogens with zero attached hydrogens (tertiary/aromatic N) is 3. The van der Waals surface area contributed by atoms with Gasteiger partial charge in [-0.1, -0.05) is 89.1 Å². The monoisotopic (exact) mass is 549 g/mol. The van der Waals surface area contributed by atoms with E-state index in [0.29, 0.717) is 38.2 Å². The second kappa shape index (κ2) is 10.6. The Labute approximate surface area is 230 Å². The van der Waals surface area contributed by atoms with Crippen molar-refractivity contribution in [2.24, 2.45) is 0 Å². The van der Waals surface area contributed by atoms with Crippen molar-refractivity contribution in [1.82, 2.24) is 14.8 Å². The average Bonchev–Trinajstić information content (AvgIpc) is 3.27. The van der Waals surface area contributed by atoms with E-state index in [-0.39, 0.29) is 5.91 Å². The van der Waals surface area contributed by atoms with Crippen molar-refractivity contribution < 1.29 is 4.79 Å². The lowest BCUT2D eigenvalue weighted by Gasteiger charge is -2.29. The van der Waals surface area contributed by atoms with Gasteiger partial charge in [-0.05, 0) is 50.1 Å². The van der Waals surface area contributed by atoms with Crippen molar-refractivity contribution in [1.29, 1.82) is 0 Å². The highest BCUT2D eigenvalue weighted by molar-refractivity contribution is 7.98. The Morgan fingerprint density at radius 2 is 1.76 bits per heavy atom. The van der Waals surface area contributed by atoms with Gasteiger partial charge in [0.1, 0.15) is 6.04 Å². The van der Waals surface area contributed by atoms with Crippen LogP contribution in [0.5, 0.6) is 0 Å². The van der Waals surface area contributed by atoms with Crippen LogP contribution in [-0.2, 0) is 10.5 Å². The molecule has 9 heteroatoms. The molecule has 2 heterocycles. The number of thioether (sulfide) groups is 1. The minimum Gasteiger partial charge on any atom is -0.328 e. The average molecular weight is 551 g/mol. The van der Waals surface area contributed by atoms with Gasteiger partial charge in [-0.3, -0.25) is 4.79 Å². The zero-order valence-electron chi connectivity index (χ0n) is 20.5. The molecule has 0 bridgehead atoms. The number of aryl methyl sites for hydroxylation is 2. The topological polar surface area (TPSA) is 71.8 Å². The van der Waals surface area contributed by atoms with Crippen molar-refractivity contribution in [3.05, 3.63) is 110 Å². The minimum atomic E-state index is -0.558. The zero-order chi connectivity index (χ0) is 26.1. The fraction of sp³-hybridized carbons (Fsp3) is 0.179. The number of halogens is 2. The van der Waals surface area contributed by atoms with Crippen LogP contribution >= 0.6 is 35.0 Å². The number of hydrogen-bond acceptors (Lipinski definition) is 5. The maximum Gasteiger partial charge on any atom is 0.255 e. The number of anilines is 2. The van der Waals surface area contributed by atoms with Gasteiger partial charge in [-0.15, -0.1) is 5.10 Å². The first-order valence-electron chi connectivity index (χ1n) is 11.8. The van der Waals surface area contributed by atoms with Crippen LogP contribution in [0.15, 0.2) is 83.2 Å². The fourth-order valence-electron chi connectivity index (χ4n) is 4.37. The number of aromatic nitrogens is 3. The van der Waals surface area contributed by atoms with E-state index >= 15 is 0 Å². The molecule has 0 aliphatic carbocycles. The summed E-state index contributed by atoms with van der Waals surface area (Å²) >= 11 is 14.5. The number of allylic oxidation sites excluding steroid dienone is 1. The minimum absolute atomic E-state index is 0.228. The molecule has 1 aliphatic rings. The van der Waals surface area contributed by atoms with Gasteiger partial charge in [-0.25, -0.2) is 4.68 Å². The quantitative estimate of drug-likeness (QED) is 0.245. The smallest absolute Gasteiger partial charge is 0.255 e. The third-order valence-electron chi connectivity index (χ3n) is 6.22. The number of benzene rings is 3. The summed E-state index contributed by atoms with van der Waals surface area (Å²) in [6.45, 7) is 5.87. The fourth-order valence-corrected chi connectivity index (χ4v) is 5.73. The molecule has 1 aliphatic heterocycles. The zero-order valence-corrected chi connectivity index (χ0v) is 22.9. The van der Waals surface area contributed by atoms with Crippen molar-refractivity contribution in [3.8, 4) is 0 Å². The van der Waals surface area contributed by atoms with Crippen LogP contribution in [0.4, 0.5) is 11.6 Å². The second-order valence-corrected chi connectivity index (χ2v) is 10.7. The van der Waals surface area contributed by atoms with Crippen LogP contribution in [0, 0.1) is 13.8 Å². The summed E-state index contributed by atoms with van der Waals surface area (Å²) < 4.78 is 1.74. The van der Waals surface area contributed by atoms with E-state index < -0.39 is 6.04 Å². The van der Waals surface area contributed by atoms with E-state index in [2.05, 4.69) is 10.6 Å². The molecule has 2 N–H and O–H groups in total. The summed E-state index contributed by atoms with van der Waals surface area (Å²) in [5, 5.41) is 13.0. The van der Waals surface area contributed by atoms with Crippen LogP contribution in [-0.4, -0.2) is 20.7 Å². The van der Waals surface area contributed by atoms with E-state index in [1.165, 1.54) is 11.8 Å².